The Bertz CT molecular complexity index is 533. The monoisotopic (exact) mass is 333 g/mol. The minimum atomic E-state index is 0.215. The van der Waals surface area contributed by atoms with Gasteiger partial charge in [0.05, 0.1) is 0 Å². The van der Waals surface area contributed by atoms with Gasteiger partial charge in [0.1, 0.15) is 0 Å². The molecule has 0 aromatic carbocycles. The zero-order valence-electron chi connectivity index (χ0n) is 15.2. The van der Waals surface area contributed by atoms with Crippen LogP contribution in [-0.4, -0.2) is 17.7 Å². The van der Waals surface area contributed by atoms with Gasteiger partial charge in [-0.2, -0.15) is 11.8 Å². The molecule has 1 aliphatic heterocycles. The fourth-order valence-electron chi connectivity index (χ4n) is 2.38. The molecule has 0 saturated carbocycles. The lowest BCUT2D eigenvalue weighted by Gasteiger charge is -2.24. The summed E-state index contributed by atoms with van der Waals surface area (Å²) < 4.78 is 0. The van der Waals surface area contributed by atoms with Crippen LogP contribution < -0.4 is 10.6 Å². The van der Waals surface area contributed by atoms with Crippen LogP contribution in [0.4, 0.5) is 0 Å². The minimum absolute atomic E-state index is 0.215. The van der Waals surface area contributed by atoms with Crippen molar-refractivity contribution in [3.05, 3.63) is 47.6 Å². The molecule has 23 heavy (non-hydrogen) atoms. The predicted molar refractivity (Wildman–Crippen MR) is 105 cm³/mol. The van der Waals surface area contributed by atoms with Crippen molar-refractivity contribution in [3.8, 4) is 0 Å². The summed E-state index contributed by atoms with van der Waals surface area (Å²) in [5, 5.41) is 14.8. The molecular formula is C19H31N3S. The first-order chi connectivity index (χ1) is 10.7. The highest BCUT2D eigenvalue weighted by Gasteiger charge is 2.15. The van der Waals surface area contributed by atoms with Gasteiger partial charge in [0, 0.05) is 29.0 Å². The Hall–Kier alpha value is -1.42. The Morgan fingerprint density at radius 3 is 2.70 bits per heavy atom. The lowest BCUT2D eigenvalue weighted by atomic mass is 9.90. The molecule has 1 rings (SSSR count). The quantitative estimate of drug-likeness (QED) is 0.550. The van der Waals surface area contributed by atoms with Gasteiger partial charge < -0.3 is 16.0 Å². The van der Waals surface area contributed by atoms with Crippen molar-refractivity contribution in [2.24, 2.45) is 5.41 Å². The van der Waals surface area contributed by atoms with Gasteiger partial charge >= 0.3 is 0 Å². The molecule has 0 unspecified atom stereocenters. The maximum absolute atomic E-state index is 8.03. The summed E-state index contributed by atoms with van der Waals surface area (Å²) >= 11 is 1.77. The largest absolute Gasteiger partial charge is 0.361 e. The lowest BCUT2D eigenvalue weighted by Crippen LogP contribution is -2.23. The average molecular weight is 334 g/mol. The van der Waals surface area contributed by atoms with Crippen LogP contribution >= 0.6 is 11.8 Å². The van der Waals surface area contributed by atoms with E-state index in [4.69, 9.17) is 5.41 Å². The number of hydrogen-bond acceptors (Lipinski definition) is 4. The van der Waals surface area contributed by atoms with E-state index >= 15 is 0 Å². The lowest BCUT2D eigenvalue weighted by molar-refractivity contribution is 0.402. The molecule has 4 heteroatoms. The first-order valence-corrected chi connectivity index (χ1v) is 9.55. The molecule has 128 valence electrons. The summed E-state index contributed by atoms with van der Waals surface area (Å²) in [5.74, 6) is 0.982. The highest BCUT2D eigenvalue weighted by atomic mass is 32.2. The molecule has 0 saturated heterocycles. The fourth-order valence-corrected chi connectivity index (χ4v) is 2.80. The van der Waals surface area contributed by atoms with Crippen molar-refractivity contribution in [1.29, 1.82) is 5.41 Å². The van der Waals surface area contributed by atoms with Gasteiger partial charge in [0.25, 0.3) is 0 Å². The van der Waals surface area contributed by atoms with E-state index in [0.29, 0.717) is 5.71 Å². The van der Waals surface area contributed by atoms with E-state index in [2.05, 4.69) is 57.2 Å². The Kier molecular flexibility index (Phi) is 7.69. The molecule has 0 aromatic rings. The van der Waals surface area contributed by atoms with E-state index in [0.717, 1.165) is 42.1 Å². The van der Waals surface area contributed by atoms with Crippen LogP contribution in [0.15, 0.2) is 47.6 Å². The second kappa shape index (κ2) is 9.02. The van der Waals surface area contributed by atoms with Gasteiger partial charge in [0.15, 0.2) is 0 Å². The number of hydrogen-bond donors (Lipinski definition) is 3. The third kappa shape index (κ3) is 7.60. The van der Waals surface area contributed by atoms with Crippen molar-refractivity contribution in [3.63, 3.8) is 0 Å². The molecule has 0 aliphatic carbocycles. The van der Waals surface area contributed by atoms with E-state index in [9.17, 15) is 0 Å². The Morgan fingerprint density at radius 2 is 2.13 bits per heavy atom. The number of allylic oxidation sites excluding steroid dienone is 4. The summed E-state index contributed by atoms with van der Waals surface area (Å²) in [4.78, 5) is 0. The zero-order valence-corrected chi connectivity index (χ0v) is 16.0. The highest BCUT2D eigenvalue weighted by Crippen LogP contribution is 2.24. The number of rotatable bonds is 8. The van der Waals surface area contributed by atoms with E-state index in [1.54, 1.807) is 11.8 Å². The SMILES string of the molecule is C=C(CC(C)(C)C)NC1=C/C(=C/C(=N)CCSC)NC=C1CC. The first-order valence-electron chi connectivity index (χ1n) is 8.15. The summed E-state index contributed by atoms with van der Waals surface area (Å²) in [6.45, 7) is 13.0. The molecule has 0 atom stereocenters. The van der Waals surface area contributed by atoms with Gasteiger partial charge in [-0.25, -0.2) is 0 Å². The second-order valence-corrected chi connectivity index (χ2v) is 8.04. The molecule has 1 heterocycles. The number of nitrogens with one attached hydrogen (secondary N) is 3. The van der Waals surface area contributed by atoms with Crippen LogP contribution in [0.25, 0.3) is 0 Å². The number of thioether (sulfide) groups is 1. The van der Waals surface area contributed by atoms with E-state index in [1.165, 1.54) is 5.57 Å². The molecule has 0 aromatic heterocycles. The van der Waals surface area contributed by atoms with Crippen LogP contribution in [-0.2, 0) is 0 Å². The van der Waals surface area contributed by atoms with Crippen LogP contribution in [0.5, 0.6) is 0 Å². The van der Waals surface area contributed by atoms with Gasteiger partial charge in [0.2, 0.25) is 0 Å². The Morgan fingerprint density at radius 1 is 1.43 bits per heavy atom. The molecule has 3 N–H and O–H groups in total. The first kappa shape index (κ1) is 19.6. The summed E-state index contributed by atoms with van der Waals surface area (Å²) in [7, 11) is 0. The van der Waals surface area contributed by atoms with Crippen LogP contribution in [0, 0.1) is 10.8 Å². The van der Waals surface area contributed by atoms with Gasteiger partial charge in [-0.15, -0.1) is 0 Å². The molecular weight excluding hydrogens is 302 g/mol. The van der Waals surface area contributed by atoms with E-state index in [-0.39, 0.29) is 5.41 Å². The standard InChI is InChI=1S/C19H31N3S/c1-7-15-13-21-17(10-16(20)8-9-23-6)11-18(15)22-14(2)12-19(3,4)5/h10-11,13,20-22H,2,7-9,12H2,1,3-6H3/b17-10-,20-16?. The van der Waals surface area contributed by atoms with Crippen molar-refractivity contribution in [1.82, 2.24) is 10.6 Å². The Balaban J connectivity index is 2.83. The third-order valence-electron chi connectivity index (χ3n) is 3.40. The van der Waals surface area contributed by atoms with Gasteiger partial charge in [-0.05, 0) is 54.4 Å². The molecule has 0 spiro atoms. The maximum atomic E-state index is 8.03. The third-order valence-corrected chi connectivity index (χ3v) is 4.01. The fraction of sp³-hybridized carbons (Fsp3) is 0.526. The zero-order chi connectivity index (χ0) is 17.5. The smallest absolute Gasteiger partial charge is 0.0449 e. The van der Waals surface area contributed by atoms with Crippen molar-refractivity contribution in [2.75, 3.05) is 12.0 Å². The number of dihydropyridines is 1. The highest BCUT2D eigenvalue weighted by molar-refractivity contribution is 7.98. The summed E-state index contributed by atoms with van der Waals surface area (Å²) in [6, 6.07) is 0. The Labute approximate surface area is 145 Å². The van der Waals surface area contributed by atoms with E-state index < -0.39 is 0 Å². The molecule has 0 amide bonds. The van der Waals surface area contributed by atoms with Gasteiger partial charge in [-0.3, -0.25) is 0 Å². The topological polar surface area (TPSA) is 47.9 Å². The maximum Gasteiger partial charge on any atom is 0.0449 e. The van der Waals surface area contributed by atoms with Crippen LogP contribution in [0.2, 0.25) is 0 Å². The van der Waals surface area contributed by atoms with Crippen LogP contribution in [0.3, 0.4) is 0 Å². The molecule has 1 aliphatic rings. The van der Waals surface area contributed by atoms with Crippen molar-refractivity contribution in [2.45, 2.75) is 47.0 Å². The van der Waals surface area contributed by atoms with Gasteiger partial charge in [-0.1, -0.05) is 34.3 Å². The summed E-state index contributed by atoms with van der Waals surface area (Å²) in [6.07, 6.45) is 10.8. The van der Waals surface area contributed by atoms with Crippen molar-refractivity contribution < 1.29 is 0 Å². The molecule has 3 nitrogen and oxygen atoms in total. The normalized spacial score (nSPS) is 16.5. The molecule has 0 bridgehead atoms. The second-order valence-electron chi connectivity index (χ2n) is 7.06. The van der Waals surface area contributed by atoms with Crippen LogP contribution in [0.1, 0.15) is 47.0 Å². The van der Waals surface area contributed by atoms with Crippen molar-refractivity contribution >= 4 is 17.5 Å². The molecule has 0 radical (unpaired) electrons. The molecule has 0 fully saturated rings. The average Bonchev–Trinajstić information content (AvgIpc) is 2.43. The summed E-state index contributed by atoms with van der Waals surface area (Å²) in [5.41, 5.74) is 5.17. The predicted octanol–water partition coefficient (Wildman–Crippen LogP) is 4.96. The minimum Gasteiger partial charge on any atom is -0.361 e. The van der Waals surface area contributed by atoms with E-state index in [1.807, 2.05) is 12.3 Å².